The predicted octanol–water partition coefficient (Wildman–Crippen LogP) is 3.94. The molecule has 0 aliphatic rings. The molecule has 0 atom stereocenters. The molecule has 6 nitrogen and oxygen atoms in total. The average Bonchev–Trinajstić information content (AvgIpc) is 2.58. The second-order valence-electron chi connectivity index (χ2n) is 7.45. The van der Waals surface area contributed by atoms with Crippen LogP contribution in [-0.2, 0) is 26.7 Å². The smallest absolute Gasteiger partial charge is 0.308 e. The van der Waals surface area contributed by atoms with Crippen LogP contribution in [0.4, 0.5) is 0 Å². The Kier molecular flexibility index (Phi) is 7.14. The Bertz CT molecular complexity index is 1070. The largest absolute Gasteiger partial charge is 0.382 e. The summed E-state index contributed by atoms with van der Waals surface area (Å²) in [5.41, 5.74) is 3.07. The van der Waals surface area contributed by atoms with Crippen molar-refractivity contribution in [1.82, 2.24) is 4.31 Å². The lowest BCUT2D eigenvalue weighted by Crippen LogP contribution is -2.37. The summed E-state index contributed by atoms with van der Waals surface area (Å²) in [4.78, 5) is 0.317. The van der Waals surface area contributed by atoms with E-state index in [0.717, 1.165) is 5.56 Å². The molecule has 0 N–H and O–H groups in total. The zero-order valence-electron chi connectivity index (χ0n) is 17.8. The van der Waals surface area contributed by atoms with Gasteiger partial charge in [0.15, 0.2) is 0 Å². The van der Waals surface area contributed by atoms with Gasteiger partial charge >= 0.3 is 10.1 Å². The second kappa shape index (κ2) is 8.85. The molecule has 0 saturated heterocycles. The Balaban J connectivity index is 2.44. The van der Waals surface area contributed by atoms with E-state index >= 15 is 0 Å². The minimum absolute atomic E-state index is 0.107. The summed E-state index contributed by atoms with van der Waals surface area (Å²) < 4.78 is 56.9. The zero-order valence-corrected chi connectivity index (χ0v) is 19.4. The first-order valence-electron chi connectivity index (χ1n) is 9.48. The van der Waals surface area contributed by atoms with Crippen LogP contribution in [0, 0.1) is 20.8 Å². The molecule has 2 aromatic carbocycles. The SMILES string of the molecule is CCS(=O)(=O)Oc1cccc(CN(C(C)C)S(=O)(=O)c2c(C)cc(C)cc2C)c1. The maximum absolute atomic E-state index is 13.5. The van der Waals surface area contributed by atoms with Gasteiger partial charge in [-0.2, -0.15) is 12.7 Å². The third kappa shape index (κ3) is 5.58. The van der Waals surface area contributed by atoms with Gasteiger partial charge in [0.05, 0.1) is 10.6 Å². The van der Waals surface area contributed by atoms with E-state index in [1.54, 1.807) is 38.1 Å². The van der Waals surface area contributed by atoms with E-state index in [9.17, 15) is 16.8 Å². The van der Waals surface area contributed by atoms with Crippen molar-refractivity contribution in [2.45, 2.75) is 59.0 Å². The van der Waals surface area contributed by atoms with Crippen LogP contribution in [0.25, 0.3) is 0 Å². The first kappa shape index (κ1) is 23.4. The summed E-state index contributed by atoms with van der Waals surface area (Å²) in [6.45, 7) is 10.8. The van der Waals surface area contributed by atoms with Crippen LogP contribution in [0.3, 0.4) is 0 Å². The third-order valence-electron chi connectivity index (χ3n) is 4.56. The quantitative estimate of drug-likeness (QED) is 0.582. The molecule has 0 spiro atoms. The molecule has 0 unspecified atom stereocenters. The summed E-state index contributed by atoms with van der Waals surface area (Å²) in [6.07, 6.45) is 0. The van der Waals surface area contributed by atoms with E-state index in [1.807, 2.05) is 32.9 Å². The Hall–Kier alpha value is -1.90. The highest BCUT2D eigenvalue weighted by Crippen LogP contribution is 2.28. The molecule has 0 aromatic heterocycles. The number of hydrogen-bond acceptors (Lipinski definition) is 5. The van der Waals surface area contributed by atoms with Crippen molar-refractivity contribution < 1.29 is 21.0 Å². The molecule has 0 heterocycles. The normalized spacial score (nSPS) is 12.6. The first-order valence-corrected chi connectivity index (χ1v) is 12.5. The van der Waals surface area contributed by atoms with Crippen molar-refractivity contribution in [1.29, 1.82) is 0 Å². The van der Waals surface area contributed by atoms with Crippen molar-refractivity contribution in [3.8, 4) is 5.75 Å². The lowest BCUT2D eigenvalue weighted by molar-refractivity contribution is 0.347. The van der Waals surface area contributed by atoms with E-state index in [-0.39, 0.29) is 24.1 Å². The summed E-state index contributed by atoms with van der Waals surface area (Å²) in [7, 11) is -7.41. The minimum Gasteiger partial charge on any atom is -0.382 e. The van der Waals surface area contributed by atoms with Crippen LogP contribution >= 0.6 is 0 Å². The Morgan fingerprint density at radius 2 is 1.55 bits per heavy atom. The third-order valence-corrected chi connectivity index (χ3v) is 8.04. The fraction of sp³-hybridized carbons (Fsp3) is 0.429. The van der Waals surface area contributed by atoms with Crippen molar-refractivity contribution in [3.05, 3.63) is 58.7 Å². The van der Waals surface area contributed by atoms with Crippen LogP contribution in [0.5, 0.6) is 5.75 Å². The van der Waals surface area contributed by atoms with Crippen LogP contribution < -0.4 is 4.18 Å². The molecule has 0 aliphatic heterocycles. The molecule has 0 aliphatic carbocycles. The summed E-state index contributed by atoms with van der Waals surface area (Å²) in [5, 5.41) is 0. The molecule has 0 bridgehead atoms. The van der Waals surface area contributed by atoms with E-state index in [2.05, 4.69) is 0 Å². The van der Waals surface area contributed by atoms with Gasteiger partial charge in [0.25, 0.3) is 0 Å². The minimum atomic E-state index is -3.75. The van der Waals surface area contributed by atoms with Gasteiger partial charge in [-0.15, -0.1) is 0 Å². The van der Waals surface area contributed by atoms with Crippen LogP contribution in [0.2, 0.25) is 0 Å². The van der Waals surface area contributed by atoms with Gasteiger partial charge in [-0.3, -0.25) is 0 Å². The zero-order chi connectivity index (χ0) is 22.0. The molecule has 0 radical (unpaired) electrons. The fourth-order valence-corrected chi connectivity index (χ4v) is 5.87. The summed E-state index contributed by atoms with van der Waals surface area (Å²) in [6, 6.07) is 9.95. The lowest BCUT2D eigenvalue weighted by atomic mass is 10.1. The summed E-state index contributed by atoms with van der Waals surface area (Å²) in [5.74, 6) is 0.0311. The molecule has 0 fully saturated rings. The second-order valence-corrected chi connectivity index (χ2v) is 11.1. The Morgan fingerprint density at radius 3 is 2.07 bits per heavy atom. The van der Waals surface area contributed by atoms with Crippen molar-refractivity contribution >= 4 is 20.1 Å². The standard InChI is InChI=1S/C21H29NO5S2/c1-7-28(23,24)27-20-10-8-9-19(13-20)14-22(15(2)3)29(25,26)21-17(5)11-16(4)12-18(21)6/h8-13,15H,7,14H2,1-6H3. The molecular formula is C21H29NO5S2. The van der Waals surface area contributed by atoms with Gasteiger partial charge in [0, 0.05) is 12.6 Å². The molecular weight excluding hydrogens is 410 g/mol. The average molecular weight is 440 g/mol. The number of sulfonamides is 1. The molecule has 0 amide bonds. The highest BCUT2D eigenvalue weighted by molar-refractivity contribution is 7.89. The molecule has 29 heavy (non-hydrogen) atoms. The van der Waals surface area contributed by atoms with Crippen molar-refractivity contribution in [3.63, 3.8) is 0 Å². The van der Waals surface area contributed by atoms with E-state index in [0.29, 0.717) is 21.6 Å². The van der Waals surface area contributed by atoms with Gasteiger partial charge in [0.2, 0.25) is 10.0 Å². The van der Waals surface area contributed by atoms with Crippen LogP contribution in [0.15, 0.2) is 41.3 Å². The lowest BCUT2D eigenvalue weighted by Gasteiger charge is -2.28. The predicted molar refractivity (Wildman–Crippen MR) is 115 cm³/mol. The molecule has 2 rings (SSSR count). The summed E-state index contributed by atoms with van der Waals surface area (Å²) >= 11 is 0. The van der Waals surface area contributed by atoms with E-state index in [1.165, 1.54) is 11.2 Å². The molecule has 8 heteroatoms. The van der Waals surface area contributed by atoms with Crippen molar-refractivity contribution in [2.24, 2.45) is 0 Å². The molecule has 160 valence electrons. The van der Waals surface area contributed by atoms with Gasteiger partial charge in [-0.05, 0) is 70.4 Å². The van der Waals surface area contributed by atoms with Crippen LogP contribution in [-0.4, -0.2) is 32.9 Å². The van der Waals surface area contributed by atoms with Gasteiger partial charge in [0.1, 0.15) is 5.75 Å². The number of aryl methyl sites for hydroxylation is 3. The molecule has 0 saturated carbocycles. The first-order chi connectivity index (χ1) is 13.4. The van der Waals surface area contributed by atoms with Gasteiger partial charge in [-0.1, -0.05) is 29.8 Å². The fourth-order valence-electron chi connectivity index (χ4n) is 3.32. The number of rotatable bonds is 8. The van der Waals surface area contributed by atoms with E-state index in [4.69, 9.17) is 4.18 Å². The number of hydrogen-bond donors (Lipinski definition) is 0. The maximum atomic E-state index is 13.5. The van der Waals surface area contributed by atoms with Gasteiger partial charge < -0.3 is 4.18 Å². The van der Waals surface area contributed by atoms with E-state index < -0.39 is 20.1 Å². The number of nitrogens with zero attached hydrogens (tertiary/aromatic N) is 1. The van der Waals surface area contributed by atoms with Crippen LogP contribution in [0.1, 0.15) is 43.0 Å². The Morgan fingerprint density at radius 1 is 0.966 bits per heavy atom. The molecule has 2 aromatic rings. The maximum Gasteiger partial charge on any atom is 0.308 e. The van der Waals surface area contributed by atoms with Crippen molar-refractivity contribution in [2.75, 3.05) is 5.75 Å². The highest BCUT2D eigenvalue weighted by atomic mass is 32.2. The monoisotopic (exact) mass is 439 g/mol. The van der Waals surface area contributed by atoms with Gasteiger partial charge in [-0.25, -0.2) is 8.42 Å². The Labute approximate surface area is 174 Å². The topological polar surface area (TPSA) is 80.8 Å². The number of benzene rings is 2. The highest BCUT2D eigenvalue weighted by Gasteiger charge is 2.30.